The van der Waals surface area contributed by atoms with E-state index in [4.69, 9.17) is 15.9 Å². The van der Waals surface area contributed by atoms with Gasteiger partial charge in [0.25, 0.3) is 0 Å². The Labute approximate surface area is 137 Å². The number of ether oxygens (including phenoxy) is 2. The predicted octanol–water partition coefficient (Wildman–Crippen LogP) is 3.37. The summed E-state index contributed by atoms with van der Waals surface area (Å²) in [6.45, 7) is 4.26. The number of carbonyl (C=O) groups excluding carboxylic acids is 1. The molecule has 1 fully saturated rings. The van der Waals surface area contributed by atoms with Crippen molar-refractivity contribution >= 4 is 5.78 Å². The van der Waals surface area contributed by atoms with Crippen LogP contribution in [0.25, 0.3) is 0 Å². The quantitative estimate of drug-likeness (QED) is 0.782. The zero-order valence-corrected chi connectivity index (χ0v) is 13.5. The Kier molecular flexibility index (Phi) is 5.55. The maximum absolute atomic E-state index is 12.4. The summed E-state index contributed by atoms with van der Waals surface area (Å²) >= 11 is 0. The van der Waals surface area contributed by atoms with Crippen molar-refractivity contribution in [3.05, 3.63) is 35.4 Å². The topological polar surface area (TPSA) is 59.3 Å². The van der Waals surface area contributed by atoms with Crippen LogP contribution in [0.3, 0.4) is 0 Å². The van der Waals surface area contributed by atoms with Gasteiger partial charge in [0.15, 0.2) is 6.29 Å². The average molecular weight is 311 g/mol. The fraction of sp³-hybridized carbons (Fsp3) is 0.474. The van der Waals surface area contributed by atoms with Crippen molar-refractivity contribution in [3.63, 3.8) is 0 Å². The van der Waals surface area contributed by atoms with Gasteiger partial charge in [0.2, 0.25) is 0 Å². The maximum atomic E-state index is 12.4. The molecule has 120 valence electrons. The van der Waals surface area contributed by atoms with E-state index in [-0.39, 0.29) is 11.9 Å². The van der Waals surface area contributed by atoms with E-state index in [0.29, 0.717) is 37.0 Å². The number of hydrogen-bond acceptors (Lipinski definition) is 4. The average Bonchev–Trinajstić information content (AvgIpc) is 2.59. The van der Waals surface area contributed by atoms with Crippen molar-refractivity contribution in [2.75, 3.05) is 6.61 Å². The monoisotopic (exact) mass is 311 g/mol. The van der Waals surface area contributed by atoms with E-state index in [1.165, 1.54) is 0 Å². The van der Waals surface area contributed by atoms with Crippen LogP contribution in [-0.2, 0) is 14.3 Å². The number of rotatable bonds is 5. The zero-order valence-electron chi connectivity index (χ0n) is 13.5. The molecule has 0 unspecified atom stereocenters. The first-order valence-corrected chi connectivity index (χ1v) is 7.73. The van der Waals surface area contributed by atoms with Crippen LogP contribution in [0, 0.1) is 29.1 Å². The number of terminal acetylenes is 1. The maximum Gasteiger partial charge on any atom is 0.185 e. The van der Waals surface area contributed by atoms with Gasteiger partial charge in [-0.05, 0) is 12.5 Å². The van der Waals surface area contributed by atoms with Gasteiger partial charge in [0, 0.05) is 23.8 Å². The van der Waals surface area contributed by atoms with Crippen LogP contribution in [-0.4, -0.2) is 18.5 Å². The summed E-state index contributed by atoms with van der Waals surface area (Å²) in [5.41, 5.74) is 0.585. The molecule has 1 aliphatic heterocycles. The van der Waals surface area contributed by atoms with E-state index in [2.05, 4.69) is 12.0 Å². The van der Waals surface area contributed by atoms with Gasteiger partial charge in [-0.2, -0.15) is 5.26 Å². The summed E-state index contributed by atoms with van der Waals surface area (Å²) in [4.78, 5) is 12.4. The normalized spacial score (nSPS) is 21.2. The zero-order chi connectivity index (χ0) is 16.9. The summed E-state index contributed by atoms with van der Waals surface area (Å²) in [6.07, 6.45) is 5.78. The van der Waals surface area contributed by atoms with Crippen LogP contribution in [0.5, 0.6) is 0 Å². The number of hydrogen-bond donors (Lipinski definition) is 0. The van der Waals surface area contributed by atoms with Crippen molar-refractivity contribution in [2.45, 2.75) is 45.5 Å². The van der Waals surface area contributed by atoms with Crippen LogP contribution in [0.2, 0.25) is 0 Å². The highest BCUT2D eigenvalue weighted by atomic mass is 16.7. The summed E-state index contributed by atoms with van der Waals surface area (Å²) in [7, 11) is 0. The Morgan fingerprint density at radius 3 is 2.87 bits per heavy atom. The van der Waals surface area contributed by atoms with E-state index in [1.807, 2.05) is 26.0 Å². The first-order chi connectivity index (χ1) is 11.0. The number of ketones is 1. The summed E-state index contributed by atoms with van der Waals surface area (Å²) in [6, 6.07) is 9.34. The van der Waals surface area contributed by atoms with Gasteiger partial charge in [-0.3, -0.25) is 4.79 Å². The molecule has 2 atom stereocenters. The minimum atomic E-state index is -0.638. The Balaban J connectivity index is 2.16. The number of benzene rings is 1. The molecule has 1 aliphatic rings. The van der Waals surface area contributed by atoms with Crippen molar-refractivity contribution in [3.8, 4) is 18.4 Å². The first kappa shape index (κ1) is 17.2. The molecule has 0 spiro atoms. The third kappa shape index (κ3) is 3.79. The van der Waals surface area contributed by atoms with Crippen molar-refractivity contribution in [1.29, 1.82) is 5.26 Å². The van der Waals surface area contributed by atoms with Gasteiger partial charge >= 0.3 is 0 Å². The van der Waals surface area contributed by atoms with E-state index in [9.17, 15) is 10.1 Å². The van der Waals surface area contributed by atoms with Crippen LogP contribution in [0.4, 0.5) is 0 Å². The minimum Gasteiger partial charge on any atom is -0.348 e. The van der Waals surface area contributed by atoms with Gasteiger partial charge in [-0.1, -0.05) is 32.0 Å². The standard InChI is InChI=1S/C19H21NO3/c1-4-5-10-16(21)19(2,3)17-11-12-22-18(23-17)15-9-7-6-8-14(15)13-20/h1,6-9,17-18H,5,10-12H2,2-3H3/t17-,18-/m0/s1. The predicted molar refractivity (Wildman–Crippen MR) is 86.2 cm³/mol. The lowest BCUT2D eigenvalue weighted by molar-refractivity contribution is -0.238. The Morgan fingerprint density at radius 1 is 1.43 bits per heavy atom. The second-order valence-corrected chi connectivity index (χ2v) is 6.16. The van der Waals surface area contributed by atoms with Crippen molar-refractivity contribution < 1.29 is 14.3 Å². The molecule has 0 aliphatic carbocycles. The molecule has 4 heteroatoms. The van der Waals surface area contributed by atoms with Crippen LogP contribution < -0.4 is 0 Å². The highest BCUT2D eigenvalue weighted by Gasteiger charge is 2.40. The SMILES string of the molecule is C#CCCC(=O)C(C)(C)[C@@H]1CCO[C@H](c2ccccc2C#N)O1. The molecular weight excluding hydrogens is 290 g/mol. The van der Waals surface area contributed by atoms with E-state index >= 15 is 0 Å². The van der Waals surface area contributed by atoms with Gasteiger partial charge < -0.3 is 9.47 Å². The molecule has 1 saturated heterocycles. The molecule has 0 aromatic heterocycles. The molecule has 1 aromatic rings. The molecule has 0 N–H and O–H groups in total. The number of nitriles is 1. The summed E-state index contributed by atoms with van der Waals surface area (Å²) in [5.74, 6) is 2.59. The minimum absolute atomic E-state index is 0.0923. The fourth-order valence-corrected chi connectivity index (χ4v) is 2.72. The summed E-state index contributed by atoms with van der Waals surface area (Å²) in [5, 5.41) is 9.23. The number of Topliss-reactive ketones (excluding diaryl/α,β-unsaturated/α-hetero) is 1. The summed E-state index contributed by atoms with van der Waals surface area (Å²) < 4.78 is 11.7. The Hall–Kier alpha value is -2.14. The Morgan fingerprint density at radius 2 is 2.17 bits per heavy atom. The molecule has 0 amide bonds. The van der Waals surface area contributed by atoms with Crippen LogP contribution in [0.1, 0.15) is 50.5 Å². The van der Waals surface area contributed by atoms with E-state index in [0.717, 1.165) is 0 Å². The molecule has 1 aromatic carbocycles. The fourth-order valence-electron chi connectivity index (χ4n) is 2.72. The largest absolute Gasteiger partial charge is 0.348 e. The second kappa shape index (κ2) is 7.42. The third-order valence-electron chi connectivity index (χ3n) is 4.29. The van der Waals surface area contributed by atoms with Crippen molar-refractivity contribution in [2.24, 2.45) is 5.41 Å². The van der Waals surface area contributed by atoms with Crippen LogP contribution >= 0.6 is 0 Å². The lowest BCUT2D eigenvalue weighted by Crippen LogP contribution is -2.43. The lowest BCUT2D eigenvalue weighted by atomic mass is 9.78. The number of nitrogens with zero attached hydrogens (tertiary/aromatic N) is 1. The lowest BCUT2D eigenvalue weighted by Gasteiger charge is -2.39. The molecule has 23 heavy (non-hydrogen) atoms. The molecule has 2 rings (SSSR count). The highest BCUT2D eigenvalue weighted by molar-refractivity contribution is 5.84. The van der Waals surface area contributed by atoms with E-state index < -0.39 is 11.7 Å². The highest BCUT2D eigenvalue weighted by Crippen LogP contribution is 2.37. The van der Waals surface area contributed by atoms with Crippen LogP contribution in [0.15, 0.2) is 24.3 Å². The first-order valence-electron chi connectivity index (χ1n) is 7.73. The Bertz CT molecular complexity index is 651. The number of carbonyl (C=O) groups is 1. The van der Waals surface area contributed by atoms with Gasteiger partial charge in [0.1, 0.15) is 5.78 Å². The molecule has 0 saturated carbocycles. The molecular formula is C19H21NO3. The smallest absolute Gasteiger partial charge is 0.185 e. The van der Waals surface area contributed by atoms with Gasteiger partial charge in [0.05, 0.1) is 24.3 Å². The molecule has 1 heterocycles. The van der Waals surface area contributed by atoms with E-state index in [1.54, 1.807) is 12.1 Å². The van der Waals surface area contributed by atoms with Crippen molar-refractivity contribution in [1.82, 2.24) is 0 Å². The molecule has 0 bridgehead atoms. The molecule has 4 nitrogen and oxygen atoms in total. The molecule has 0 radical (unpaired) electrons. The second-order valence-electron chi connectivity index (χ2n) is 6.16. The van der Waals surface area contributed by atoms with Gasteiger partial charge in [-0.15, -0.1) is 12.3 Å². The third-order valence-corrected chi connectivity index (χ3v) is 4.29. The van der Waals surface area contributed by atoms with Gasteiger partial charge in [-0.25, -0.2) is 0 Å².